The second kappa shape index (κ2) is 10.5. The number of benzene rings is 1. The van der Waals surface area contributed by atoms with E-state index in [1.165, 1.54) is 0 Å². The zero-order valence-corrected chi connectivity index (χ0v) is 17.2. The zero-order chi connectivity index (χ0) is 20.7. The summed E-state index contributed by atoms with van der Waals surface area (Å²) < 4.78 is 24.7. The fraction of sp³-hybridized carbons (Fsp3) is 0.474. The number of carbonyl (C=O) groups excluding carboxylic acids is 2. The van der Waals surface area contributed by atoms with E-state index >= 15 is 0 Å². The van der Waals surface area contributed by atoms with Crippen molar-refractivity contribution in [3.05, 3.63) is 35.5 Å². The van der Waals surface area contributed by atoms with Crippen LogP contribution in [0.1, 0.15) is 36.2 Å². The molecule has 9 heteroatoms. The van der Waals surface area contributed by atoms with Gasteiger partial charge >= 0.3 is 6.16 Å². The van der Waals surface area contributed by atoms with E-state index in [2.05, 4.69) is 0 Å². The van der Waals surface area contributed by atoms with E-state index in [0.717, 1.165) is 12.7 Å². The highest BCUT2D eigenvalue weighted by molar-refractivity contribution is 7.89. The Morgan fingerprint density at radius 2 is 2.25 bits per heavy atom. The van der Waals surface area contributed by atoms with Gasteiger partial charge in [-0.3, -0.25) is 4.79 Å². The van der Waals surface area contributed by atoms with E-state index in [4.69, 9.17) is 15.2 Å². The van der Waals surface area contributed by atoms with Crippen LogP contribution in [0.4, 0.5) is 4.79 Å². The van der Waals surface area contributed by atoms with Gasteiger partial charge in [0.05, 0.1) is 24.0 Å². The van der Waals surface area contributed by atoms with E-state index < -0.39 is 17.5 Å². The molecule has 0 aromatic heterocycles. The number of nitrogens with zero attached hydrogens (tertiary/aromatic N) is 2. The van der Waals surface area contributed by atoms with Crippen LogP contribution in [0.2, 0.25) is 0 Å². The van der Waals surface area contributed by atoms with Crippen molar-refractivity contribution in [3.63, 3.8) is 0 Å². The highest BCUT2D eigenvalue weighted by atomic mass is 32.2. The van der Waals surface area contributed by atoms with Crippen molar-refractivity contribution in [1.82, 2.24) is 9.21 Å². The van der Waals surface area contributed by atoms with Crippen molar-refractivity contribution in [1.29, 1.82) is 0 Å². The fourth-order valence-electron chi connectivity index (χ4n) is 2.66. The summed E-state index contributed by atoms with van der Waals surface area (Å²) in [4.78, 5) is 25.1. The van der Waals surface area contributed by atoms with Crippen LogP contribution < -0.4 is 5.73 Å². The first kappa shape index (κ1) is 22.2. The number of aldehydes is 1. The number of hydrogen-bond acceptors (Lipinski definition) is 8. The molecule has 0 spiro atoms. The topological polar surface area (TPSA) is 108 Å². The average Bonchev–Trinajstić information content (AvgIpc) is 3.09. The molecule has 1 aliphatic heterocycles. The van der Waals surface area contributed by atoms with Gasteiger partial charge < -0.3 is 24.7 Å². The molecule has 2 N–H and O–H groups in total. The predicted molar refractivity (Wildman–Crippen MR) is 107 cm³/mol. The molecule has 28 heavy (non-hydrogen) atoms. The third-order valence-electron chi connectivity index (χ3n) is 4.05. The SMILES string of the molecule is CC(C)OC(=O)OCN(C)/C=C\c1c(C=O)cccc1[S+]([O-])N1CCC(N)C1. The molecule has 2 unspecified atom stereocenters. The lowest BCUT2D eigenvalue weighted by atomic mass is 10.1. The Hall–Kier alpha value is -2.07. The van der Waals surface area contributed by atoms with Gasteiger partial charge in [0.2, 0.25) is 0 Å². The van der Waals surface area contributed by atoms with Crippen molar-refractivity contribution >= 4 is 29.9 Å². The van der Waals surface area contributed by atoms with E-state index in [-0.39, 0.29) is 18.9 Å². The quantitative estimate of drug-likeness (QED) is 0.300. The van der Waals surface area contributed by atoms with Crippen LogP contribution in [-0.4, -0.2) is 65.2 Å². The molecule has 1 heterocycles. The van der Waals surface area contributed by atoms with Crippen LogP contribution >= 0.6 is 0 Å². The average molecular weight is 410 g/mol. The van der Waals surface area contributed by atoms with Gasteiger partial charge in [0.15, 0.2) is 17.9 Å². The lowest BCUT2D eigenvalue weighted by molar-refractivity contribution is 0.0142. The van der Waals surface area contributed by atoms with Gasteiger partial charge in [-0.05, 0) is 32.4 Å². The highest BCUT2D eigenvalue weighted by Crippen LogP contribution is 2.26. The molecule has 2 atom stereocenters. The summed E-state index contributed by atoms with van der Waals surface area (Å²) in [5.74, 6) is 0. The molecule has 0 saturated carbocycles. The maximum atomic E-state index is 13.0. The lowest BCUT2D eigenvalue weighted by Crippen LogP contribution is -2.32. The smallest absolute Gasteiger partial charge is 0.510 e. The number of rotatable bonds is 8. The Kier molecular flexibility index (Phi) is 8.31. The summed E-state index contributed by atoms with van der Waals surface area (Å²) in [6.07, 6.45) is 3.84. The molecular weight excluding hydrogens is 382 g/mol. The van der Waals surface area contributed by atoms with Crippen molar-refractivity contribution in [3.8, 4) is 0 Å². The zero-order valence-electron chi connectivity index (χ0n) is 16.4. The number of ether oxygens (including phenoxy) is 2. The second-order valence-corrected chi connectivity index (χ2v) is 8.28. The Bertz CT molecular complexity index is 713. The van der Waals surface area contributed by atoms with Crippen LogP contribution in [0.15, 0.2) is 29.3 Å². The Balaban J connectivity index is 2.11. The lowest BCUT2D eigenvalue weighted by Gasteiger charge is -2.21. The van der Waals surface area contributed by atoms with Gasteiger partial charge in [-0.25, -0.2) is 4.79 Å². The maximum absolute atomic E-state index is 13.0. The maximum Gasteiger partial charge on any atom is 0.510 e. The first-order chi connectivity index (χ1) is 13.3. The van der Waals surface area contributed by atoms with Gasteiger partial charge in [0.25, 0.3) is 0 Å². The standard InChI is InChI=1S/C19H27N3O5S/c1-14(2)27-19(24)26-13-21(3)9-8-17-15(12-23)5-4-6-18(17)28(25)22-10-7-16(20)11-22/h4-6,8-9,12,14,16H,7,10-11,13,20H2,1-3H3/b9-8-. The van der Waals surface area contributed by atoms with E-state index in [9.17, 15) is 14.1 Å². The third kappa shape index (κ3) is 6.23. The number of nitrogens with two attached hydrogens (primary N) is 1. The van der Waals surface area contributed by atoms with Crippen molar-refractivity contribution in [2.45, 2.75) is 37.3 Å². The molecule has 1 aromatic rings. The summed E-state index contributed by atoms with van der Waals surface area (Å²) >= 11 is -1.42. The summed E-state index contributed by atoms with van der Waals surface area (Å²) in [5, 5.41) is 0. The molecule has 8 nitrogen and oxygen atoms in total. The fourth-order valence-corrected chi connectivity index (χ4v) is 4.11. The van der Waals surface area contributed by atoms with Gasteiger partial charge in [0, 0.05) is 37.0 Å². The summed E-state index contributed by atoms with van der Waals surface area (Å²) in [5.41, 5.74) is 6.91. The molecule has 0 radical (unpaired) electrons. The molecule has 1 saturated heterocycles. The summed E-state index contributed by atoms with van der Waals surface area (Å²) in [7, 11) is 1.71. The minimum Gasteiger partial charge on any atom is -0.593 e. The van der Waals surface area contributed by atoms with E-state index in [1.54, 1.807) is 60.6 Å². The normalized spacial score (nSPS) is 18.4. The Morgan fingerprint density at radius 1 is 1.50 bits per heavy atom. The van der Waals surface area contributed by atoms with Gasteiger partial charge in [-0.2, -0.15) is 0 Å². The van der Waals surface area contributed by atoms with Crippen LogP contribution in [0, 0.1) is 0 Å². The molecule has 0 bridgehead atoms. The molecule has 0 amide bonds. The molecular formula is C19H27N3O5S. The van der Waals surface area contributed by atoms with Crippen molar-refractivity contribution in [2.24, 2.45) is 5.73 Å². The molecule has 1 fully saturated rings. The highest BCUT2D eigenvalue weighted by Gasteiger charge is 2.31. The molecule has 0 aliphatic carbocycles. The minimum atomic E-state index is -1.42. The Morgan fingerprint density at radius 3 is 2.86 bits per heavy atom. The van der Waals surface area contributed by atoms with E-state index in [0.29, 0.717) is 29.1 Å². The summed E-state index contributed by atoms with van der Waals surface area (Å²) in [6.45, 7) is 4.64. The molecule has 1 aliphatic rings. The Labute approximate surface area is 168 Å². The molecule has 1 aromatic carbocycles. The van der Waals surface area contributed by atoms with Crippen molar-refractivity contribution in [2.75, 3.05) is 26.9 Å². The first-order valence-corrected chi connectivity index (χ1v) is 10.1. The van der Waals surface area contributed by atoms with Gasteiger partial charge in [0.1, 0.15) is 0 Å². The van der Waals surface area contributed by atoms with Crippen LogP contribution in [0.3, 0.4) is 0 Å². The monoisotopic (exact) mass is 409 g/mol. The number of hydrogen-bond donors (Lipinski definition) is 1. The molecule has 154 valence electrons. The second-order valence-electron chi connectivity index (χ2n) is 6.83. The third-order valence-corrected chi connectivity index (χ3v) is 5.58. The minimum absolute atomic E-state index is 0.00562. The first-order valence-electron chi connectivity index (χ1n) is 9.04. The van der Waals surface area contributed by atoms with Crippen LogP contribution in [-0.2, 0) is 20.8 Å². The predicted octanol–water partition coefficient (Wildman–Crippen LogP) is 1.98. The van der Waals surface area contributed by atoms with Gasteiger partial charge in [-0.1, -0.05) is 12.1 Å². The van der Waals surface area contributed by atoms with Crippen LogP contribution in [0.25, 0.3) is 6.08 Å². The van der Waals surface area contributed by atoms with E-state index in [1.807, 2.05) is 0 Å². The number of carbonyl (C=O) groups is 2. The van der Waals surface area contributed by atoms with Gasteiger partial charge in [-0.15, -0.1) is 4.31 Å². The van der Waals surface area contributed by atoms with Crippen LogP contribution in [0.5, 0.6) is 0 Å². The molecule has 2 rings (SSSR count). The summed E-state index contributed by atoms with van der Waals surface area (Å²) in [6, 6.07) is 5.12. The largest absolute Gasteiger partial charge is 0.593 e. The van der Waals surface area contributed by atoms with Crippen molar-refractivity contribution < 1.29 is 23.6 Å².